The molecule has 1 unspecified atom stereocenters. The number of benzene rings is 2. The van der Waals surface area contributed by atoms with Crippen LogP contribution in [0.15, 0.2) is 76.8 Å². The van der Waals surface area contributed by atoms with Crippen molar-refractivity contribution in [1.29, 1.82) is 0 Å². The Morgan fingerprint density at radius 3 is 2.26 bits per heavy atom. The van der Waals surface area contributed by atoms with Crippen LogP contribution < -0.4 is 20.5 Å². The van der Waals surface area contributed by atoms with Crippen LogP contribution in [0.3, 0.4) is 0 Å². The molecule has 1 saturated heterocycles. The van der Waals surface area contributed by atoms with E-state index in [0.717, 1.165) is 30.3 Å². The first kappa shape index (κ1) is 38.8. The lowest BCUT2D eigenvalue weighted by molar-refractivity contribution is -0.161. The highest BCUT2D eigenvalue weighted by atomic mass is 32.2. The van der Waals surface area contributed by atoms with Gasteiger partial charge in [0.25, 0.3) is 10.0 Å². The van der Waals surface area contributed by atoms with Crippen molar-refractivity contribution < 1.29 is 48.7 Å². The minimum Gasteiger partial charge on any atom is -0.495 e. The summed E-state index contributed by atoms with van der Waals surface area (Å²) in [4.78, 5) is 30.1. The number of rotatable bonds is 12. The van der Waals surface area contributed by atoms with Crippen molar-refractivity contribution in [3.63, 3.8) is 0 Å². The average Bonchev–Trinajstić information content (AvgIpc) is 3.23. The van der Waals surface area contributed by atoms with E-state index in [0.29, 0.717) is 11.1 Å². The number of ether oxygens (including phenoxy) is 1. The monoisotopic (exact) mass is 743 g/mol. The lowest BCUT2D eigenvalue weighted by Crippen LogP contribution is -2.54. The highest BCUT2D eigenvalue weighted by Crippen LogP contribution is 2.36. The molecule has 3 aromatic rings. The van der Waals surface area contributed by atoms with E-state index in [4.69, 9.17) is 9.88 Å². The Hall–Kier alpha value is -3.97. The number of amides is 1. The van der Waals surface area contributed by atoms with Gasteiger partial charge in [-0.25, -0.2) is 31.3 Å². The predicted octanol–water partition coefficient (Wildman–Crippen LogP) is 3.64. The molecule has 2 aromatic carbocycles. The van der Waals surface area contributed by atoms with E-state index in [2.05, 4.69) is 15.6 Å². The summed E-state index contributed by atoms with van der Waals surface area (Å²) in [5.74, 6) is -1.79. The third-order valence-corrected chi connectivity index (χ3v) is 10.6. The van der Waals surface area contributed by atoms with Crippen molar-refractivity contribution in [2.45, 2.75) is 73.0 Å². The van der Waals surface area contributed by atoms with Crippen LogP contribution in [-0.2, 0) is 29.6 Å². The first-order valence-electron chi connectivity index (χ1n) is 15.3. The molecule has 0 spiro atoms. The maximum Gasteiger partial charge on any atom is 0.407 e. The summed E-state index contributed by atoms with van der Waals surface area (Å²) >= 11 is 0. The van der Waals surface area contributed by atoms with Crippen molar-refractivity contribution in [2.75, 3.05) is 20.2 Å². The molecular formula is C32H37F4N5O7S2. The molecule has 18 heteroatoms. The number of methoxy groups -OCH3 is 1. The third kappa shape index (κ3) is 9.63. The van der Waals surface area contributed by atoms with Gasteiger partial charge in [0.2, 0.25) is 15.9 Å². The zero-order valence-corrected chi connectivity index (χ0v) is 28.9. The van der Waals surface area contributed by atoms with Crippen molar-refractivity contribution in [2.24, 2.45) is 5.14 Å². The summed E-state index contributed by atoms with van der Waals surface area (Å²) in [5.41, 5.74) is -1.80. The number of aromatic nitrogens is 1. The molecule has 4 N–H and O–H groups in total. The van der Waals surface area contributed by atoms with Crippen LogP contribution in [0.5, 0.6) is 5.75 Å². The second kappa shape index (κ2) is 15.1. The molecule has 12 nitrogen and oxygen atoms in total. The van der Waals surface area contributed by atoms with Gasteiger partial charge in [-0.1, -0.05) is 36.4 Å². The fourth-order valence-electron chi connectivity index (χ4n) is 5.50. The molecule has 4 rings (SSSR count). The minimum absolute atomic E-state index is 0.00670. The van der Waals surface area contributed by atoms with E-state index in [9.17, 15) is 44.0 Å². The number of nitrogens with one attached hydrogen (secondary N) is 2. The Bertz CT molecular complexity index is 1910. The van der Waals surface area contributed by atoms with Crippen LogP contribution in [0.25, 0.3) is 11.1 Å². The summed E-state index contributed by atoms with van der Waals surface area (Å²) in [5, 5.41) is 9.65. The highest BCUT2D eigenvalue weighted by Gasteiger charge is 2.44. The van der Waals surface area contributed by atoms with Gasteiger partial charge in [-0.05, 0) is 67.6 Å². The number of carbonyl (C=O) groups excluding carboxylic acids is 2. The first-order valence-corrected chi connectivity index (χ1v) is 18.3. The van der Waals surface area contributed by atoms with E-state index >= 15 is 0 Å². The Kier molecular flexibility index (Phi) is 11.7. The molecule has 0 bridgehead atoms. The van der Waals surface area contributed by atoms with Crippen LogP contribution in [-0.4, -0.2) is 81.9 Å². The maximum absolute atomic E-state index is 14.9. The topological polar surface area (TPSA) is 178 Å². The molecule has 1 aliphatic rings. The lowest BCUT2D eigenvalue weighted by Gasteiger charge is -2.31. The fraction of sp³-hybridized carbons (Fsp3) is 0.406. The molecule has 3 atom stereocenters. The molecule has 1 amide bonds. The summed E-state index contributed by atoms with van der Waals surface area (Å²) in [6.45, 7) is 1.51. The second-order valence-corrected chi connectivity index (χ2v) is 15.7. The number of carbonyl (C=O) groups is 2. The Labute approximate surface area is 287 Å². The number of nitrogens with two attached hydrogens (primary N) is 1. The number of ketones is 1. The number of halogens is 4. The highest BCUT2D eigenvalue weighted by molar-refractivity contribution is 7.89. The van der Waals surface area contributed by atoms with Crippen LogP contribution in [0, 0.1) is 0 Å². The molecule has 1 fully saturated rings. The van der Waals surface area contributed by atoms with E-state index in [1.807, 2.05) is 0 Å². The Morgan fingerprint density at radius 2 is 1.70 bits per heavy atom. The van der Waals surface area contributed by atoms with Gasteiger partial charge in [0.1, 0.15) is 22.4 Å². The zero-order valence-electron chi connectivity index (χ0n) is 27.3. The number of Topliss-reactive ketones (excluding diaryl/α,β-unsaturated/α-hetero) is 1. The second-order valence-electron chi connectivity index (χ2n) is 12.3. The molecule has 0 aliphatic carbocycles. The summed E-state index contributed by atoms with van der Waals surface area (Å²) in [7, 11) is -7.09. The van der Waals surface area contributed by atoms with Gasteiger partial charge in [-0.3, -0.25) is 14.9 Å². The molecule has 1 aromatic heterocycles. The number of pyridine rings is 1. The lowest BCUT2D eigenvalue weighted by atomic mass is 9.96. The van der Waals surface area contributed by atoms with Crippen LogP contribution in [0.2, 0.25) is 0 Å². The minimum atomic E-state index is -4.97. The summed E-state index contributed by atoms with van der Waals surface area (Å²) < 4.78 is 115. The van der Waals surface area contributed by atoms with Crippen molar-refractivity contribution >= 4 is 31.7 Å². The van der Waals surface area contributed by atoms with Gasteiger partial charge in [-0.15, -0.1) is 0 Å². The number of primary sulfonamides is 1. The summed E-state index contributed by atoms with van der Waals surface area (Å²) in [6, 6.07) is 7.73. The zero-order chi connectivity index (χ0) is 37.1. The van der Waals surface area contributed by atoms with Gasteiger partial charge in [0.05, 0.1) is 25.7 Å². The van der Waals surface area contributed by atoms with Gasteiger partial charge in [0, 0.05) is 19.2 Å². The Morgan fingerprint density at radius 1 is 1.04 bits per heavy atom. The molecular weight excluding hydrogens is 707 g/mol. The molecule has 0 saturated carbocycles. The number of sulfonamides is 2. The van der Waals surface area contributed by atoms with Crippen molar-refractivity contribution in [3.8, 4) is 16.9 Å². The van der Waals surface area contributed by atoms with E-state index in [-0.39, 0.29) is 40.6 Å². The molecule has 272 valence electrons. The number of alkyl halides is 4. The van der Waals surface area contributed by atoms with Crippen LogP contribution in [0.1, 0.15) is 44.7 Å². The quantitative estimate of drug-likeness (QED) is 0.234. The number of nitrogens with zero attached hydrogens (tertiary/aromatic N) is 2. The maximum atomic E-state index is 14.9. The van der Waals surface area contributed by atoms with Crippen LogP contribution in [0.4, 0.5) is 17.6 Å². The van der Waals surface area contributed by atoms with Gasteiger partial charge < -0.3 is 10.1 Å². The smallest absolute Gasteiger partial charge is 0.407 e. The molecule has 2 heterocycles. The van der Waals surface area contributed by atoms with Gasteiger partial charge >= 0.3 is 6.18 Å². The summed E-state index contributed by atoms with van der Waals surface area (Å²) in [6.07, 6.45) is -4.26. The molecule has 50 heavy (non-hydrogen) atoms. The molecule has 0 radical (unpaired) electrons. The van der Waals surface area contributed by atoms with E-state index in [1.165, 1.54) is 61.8 Å². The van der Waals surface area contributed by atoms with Gasteiger partial charge in [-0.2, -0.15) is 17.5 Å². The fourth-order valence-corrected chi connectivity index (χ4v) is 7.60. The number of hydrogen-bond donors (Lipinski definition) is 3. The predicted molar refractivity (Wildman–Crippen MR) is 174 cm³/mol. The van der Waals surface area contributed by atoms with Crippen molar-refractivity contribution in [3.05, 3.63) is 72.4 Å². The Balaban J connectivity index is 1.56. The van der Waals surface area contributed by atoms with Crippen LogP contribution >= 0.6 is 0 Å². The standard InChI is InChI=1S/C32H37F4N5O7S2/c1-31(2,33)18-24(30(43)40-23-7-6-16-41(19-25(23)42)50(46,47)28-8-4-5-15-38-28)39-29(32(34,35)36)21-11-9-20(10-12-21)22-13-14-26(48-3)27(17-22)49(37,44)45/h4-5,8-15,17,23-24,29,39H,6-7,16,18-19H2,1-3H3,(H,40,43)(H2,37,44,45)/t23?,24-,29-/m0/s1. The normalized spacial score (nSPS) is 17.8. The average molecular weight is 744 g/mol. The van der Waals surface area contributed by atoms with E-state index < -0.39 is 74.7 Å². The largest absolute Gasteiger partial charge is 0.495 e. The third-order valence-electron chi connectivity index (χ3n) is 7.93. The van der Waals surface area contributed by atoms with Crippen molar-refractivity contribution in [1.82, 2.24) is 19.9 Å². The molecule has 1 aliphatic heterocycles. The number of hydrogen-bond acceptors (Lipinski definition) is 9. The first-order chi connectivity index (χ1) is 23.2. The van der Waals surface area contributed by atoms with Gasteiger partial charge in [0.15, 0.2) is 10.8 Å². The van der Waals surface area contributed by atoms with E-state index in [1.54, 1.807) is 0 Å². The SMILES string of the molecule is COc1ccc(-c2ccc([C@H](N[C@@H](CC(C)(C)F)C(=O)NC3CCCN(S(=O)(=O)c4ccccn4)CC3=O)C(F)(F)F)cc2)cc1S(N)(=O)=O.